The highest BCUT2D eigenvalue weighted by atomic mass is 14.9. The largest absolute Gasteiger partial charge is 0.357 e. The second-order valence-electron chi connectivity index (χ2n) is 6.58. The van der Waals surface area contributed by atoms with Crippen molar-refractivity contribution in [3.63, 3.8) is 0 Å². The maximum Gasteiger partial charge on any atom is 0.0476 e. The van der Waals surface area contributed by atoms with E-state index in [9.17, 15) is 0 Å². The minimum absolute atomic E-state index is 0.447. The van der Waals surface area contributed by atoms with Crippen LogP contribution < -0.4 is 5.32 Å². The van der Waals surface area contributed by atoms with Gasteiger partial charge in [0.1, 0.15) is 0 Å². The zero-order valence-corrected chi connectivity index (χ0v) is 13.6. The summed E-state index contributed by atoms with van der Waals surface area (Å²) >= 11 is 0. The van der Waals surface area contributed by atoms with E-state index in [-0.39, 0.29) is 0 Å². The van der Waals surface area contributed by atoms with Crippen molar-refractivity contribution in [1.82, 2.24) is 15.3 Å². The van der Waals surface area contributed by atoms with Crippen LogP contribution in [0.25, 0.3) is 10.9 Å². The van der Waals surface area contributed by atoms with Crippen molar-refractivity contribution in [3.05, 3.63) is 65.1 Å². The van der Waals surface area contributed by atoms with Gasteiger partial charge in [0.25, 0.3) is 0 Å². The van der Waals surface area contributed by atoms with Crippen LogP contribution in [0.4, 0.5) is 0 Å². The molecule has 118 valence electrons. The smallest absolute Gasteiger partial charge is 0.0476 e. The lowest BCUT2D eigenvalue weighted by Gasteiger charge is -2.24. The molecule has 1 unspecified atom stereocenters. The van der Waals surface area contributed by atoms with Gasteiger partial charge in [-0.3, -0.25) is 4.98 Å². The van der Waals surface area contributed by atoms with Gasteiger partial charge in [0.15, 0.2) is 0 Å². The summed E-state index contributed by atoms with van der Waals surface area (Å²) in [4.78, 5) is 7.86. The Bertz CT molecular complexity index is 804. The molecule has 0 spiro atoms. The second-order valence-corrected chi connectivity index (χ2v) is 6.58. The summed E-state index contributed by atoms with van der Waals surface area (Å²) in [7, 11) is 0. The van der Waals surface area contributed by atoms with E-state index in [4.69, 9.17) is 0 Å². The van der Waals surface area contributed by atoms with Gasteiger partial charge in [0.05, 0.1) is 0 Å². The predicted molar refractivity (Wildman–Crippen MR) is 94.7 cm³/mol. The number of nitrogens with one attached hydrogen (secondary N) is 2. The Balaban J connectivity index is 1.52. The van der Waals surface area contributed by atoms with Crippen LogP contribution in [0.15, 0.2) is 42.7 Å². The molecule has 0 fully saturated rings. The lowest BCUT2D eigenvalue weighted by Crippen LogP contribution is -2.27. The third kappa shape index (κ3) is 2.89. The van der Waals surface area contributed by atoms with E-state index >= 15 is 0 Å². The Morgan fingerprint density at radius 2 is 2.26 bits per heavy atom. The Labute approximate surface area is 137 Å². The molecule has 0 amide bonds. The predicted octanol–water partition coefficient (Wildman–Crippen LogP) is 4.08. The van der Waals surface area contributed by atoms with E-state index in [1.165, 1.54) is 52.5 Å². The van der Waals surface area contributed by atoms with Crippen molar-refractivity contribution in [2.45, 2.75) is 38.6 Å². The third-order valence-electron chi connectivity index (χ3n) is 4.89. The van der Waals surface area contributed by atoms with Crippen molar-refractivity contribution in [2.75, 3.05) is 6.54 Å². The number of pyridine rings is 1. The summed E-state index contributed by atoms with van der Waals surface area (Å²) in [5.41, 5.74) is 6.84. The minimum atomic E-state index is 0.447. The molecular formula is C20H23N3. The molecule has 2 heterocycles. The number of hydrogen-bond donors (Lipinski definition) is 2. The molecule has 0 saturated heterocycles. The van der Waals surface area contributed by atoms with Crippen LogP contribution in [0.1, 0.15) is 41.3 Å². The van der Waals surface area contributed by atoms with Crippen LogP contribution in [0.5, 0.6) is 0 Å². The zero-order valence-electron chi connectivity index (χ0n) is 13.6. The first-order chi connectivity index (χ1) is 11.3. The number of fused-ring (bicyclic) bond motifs is 3. The van der Waals surface area contributed by atoms with Gasteiger partial charge in [0, 0.05) is 35.0 Å². The lowest BCUT2D eigenvalue weighted by atomic mass is 9.91. The highest BCUT2D eigenvalue weighted by molar-refractivity contribution is 5.85. The van der Waals surface area contributed by atoms with Crippen LogP contribution in [0, 0.1) is 6.92 Å². The first kappa shape index (κ1) is 14.5. The fourth-order valence-corrected chi connectivity index (χ4v) is 3.72. The van der Waals surface area contributed by atoms with Crippen molar-refractivity contribution >= 4 is 10.9 Å². The molecule has 1 aliphatic carbocycles. The number of aryl methyl sites for hydroxylation is 2. The van der Waals surface area contributed by atoms with Gasteiger partial charge in [0.2, 0.25) is 0 Å². The molecule has 0 saturated carbocycles. The van der Waals surface area contributed by atoms with Crippen LogP contribution in [0.2, 0.25) is 0 Å². The molecular weight excluding hydrogens is 282 g/mol. The maximum atomic E-state index is 4.19. The molecule has 23 heavy (non-hydrogen) atoms. The molecule has 3 aromatic rings. The quantitative estimate of drug-likeness (QED) is 0.762. The maximum absolute atomic E-state index is 4.19. The Hall–Kier alpha value is -2.13. The number of rotatable bonds is 4. The van der Waals surface area contributed by atoms with E-state index in [0.29, 0.717) is 6.04 Å². The third-order valence-corrected chi connectivity index (χ3v) is 4.89. The van der Waals surface area contributed by atoms with Gasteiger partial charge in [-0.05, 0) is 68.5 Å². The molecule has 0 radical (unpaired) electrons. The van der Waals surface area contributed by atoms with Crippen molar-refractivity contribution in [2.24, 2.45) is 0 Å². The Morgan fingerprint density at radius 1 is 1.30 bits per heavy atom. The first-order valence-electron chi connectivity index (χ1n) is 8.54. The molecule has 1 aliphatic rings. The summed E-state index contributed by atoms with van der Waals surface area (Å²) in [6.07, 6.45) is 8.49. The van der Waals surface area contributed by atoms with Crippen LogP contribution in [-0.2, 0) is 12.8 Å². The van der Waals surface area contributed by atoms with Gasteiger partial charge >= 0.3 is 0 Å². The normalized spacial score (nSPS) is 17.3. The topological polar surface area (TPSA) is 40.7 Å². The van der Waals surface area contributed by atoms with Gasteiger partial charge in [-0.15, -0.1) is 0 Å². The zero-order chi connectivity index (χ0) is 15.6. The summed E-state index contributed by atoms with van der Waals surface area (Å²) < 4.78 is 0. The van der Waals surface area contributed by atoms with E-state index < -0.39 is 0 Å². The number of aromatic amines is 1. The van der Waals surface area contributed by atoms with E-state index in [1.807, 2.05) is 18.5 Å². The minimum Gasteiger partial charge on any atom is -0.357 e. The summed E-state index contributed by atoms with van der Waals surface area (Å²) in [6.45, 7) is 3.16. The van der Waals surface area contributed by atoms with Crippen LogP contribution in [0.3, 0.4) is 0 Å². The van der Waals surface area contributed by atoms with Gasteiger partial charge in [-0.2, -0.15) is 0 Å². The average molecular weight is 305 g/mol. The standard InChI is InChI=1S/C20H23N3/c1-14-7-8-18-17(12-14)16-5-2-6-19(20(16)23-18)22-11-9-15-4-3-10-21-13-15/h3-4,7-8,10,12-13,19,22-23H,2,5-6,9,11H2,1H3. The van der Waals surface area contributed by atoms with E-state index in [2.05, 4.69) is 46.5 Å². The van der Waals surface area contributed by atoms with Crippen molar-refractivity contribution in [1.29, 1.82) is 0 Å². The molecule has 4 rings (SSSR count). The van der Waals surface area contributed by atoms with Crippen molar-refractivity contribution < 1.29 is 0 Å². The van der Waals surface area contributed by atoms with Gasteiger partial charge < -0.3 is 10.3 Å². The summed E-state index contributed by atoms with van der Waals surface area (Å²) in [5.74, 6) is 0. The van der Waals surface area contributed by atoms with Gasteiger partial charge in [-0.25, -0.2) is 0 Å². The first-order valence-corrected chi connectivity index (χ1v) is 8.54. The number of nitrogens with zero attached hydrogens (tertiary/aromatic N) is 1. The highest BCUT2D eigenvalue weighted by Crippen LogP contribution is 2.35. The molecule has 3 nitrogen and oxygen atoms in total. The second kappa shape index (κ2) is 6.17. The molecule has 1 aromatic carbocycles. The molecule has 2 aromatic heterocycles. The average Bonchev–Trinajstić information content (AvgIpc) is 2.95. The monoisotopic (exact) mass is 305 g/mol. The van der Waals surface area contributed by atoms with Crippen LogP contribution in [-0.4, -0.2) is 16.5 Å². The van der Waals surface area contributed by atoms with Crippen LogP contribution >= 0.6 is 0 Å². The van der Waals surface area contributed by atoms with E-state index in [1.54, 1.807) is 0 Å². The molecule has 0 bridgehead atoms. The highest BCUT2D eigenvalue weighted by Gasteiger charge is 2.23. The number of benzene rings is 1. The summed E-state index contributed by atoms with van der Waals surface area (Å²) in [5, 5.41) is 5.16. The molecule has 0 aliphatic heterocycles. The lowest BCUT2D eigenvalue weighted by molar-refractivity contribution is 0.456. The molecule has 3 heteroatoms. The number of hydrogen-bond acceptors (Lipinski definition) is 2. The number of H-pyrrole nitrogens is 1. The fraction of sp³-hybridized carbons (Fsp3) is 0.350. The SMILES string of the molecule is Cc1ccc2[nH]c3c(c2c1)CCCC3NCCc1cccnc1. The molecule has 2 N–H and O–H groups in total. The molecule has 1 atom stereocenters. The van der Waals surface area contributed by atoms with Gasteiger partial charge in [-0.1, -0.05) is 17.7 Å². The Morgan fingerprint density at radius 3 is 3.13 bits per heavy atom. The Kier molecular flexibility index (Phi) is 3.88. The fourth-order valence-electron chi connectivity index (χ4n) is 3.72. The van der Waals surface area contributed by atoms with Crippen molar-refractivity contribution in [3.8, 4) is 0 Å². The van der Waals surface area contributed by atoms with E-state index in [0.717, 1.165) is 13.0 Å². The summed E-state index contributed by atoms with van der Waals surface area (Å²) in [6, 6.07) is 11.3. The number of aromatic nitrogens is 2.